The third kappa shape index (κ3) is 3.00. The maximum atomic E-state index is 12.9. The molecule has 1 fully saturated rings. The molecule has 1 amide bonds. The Balaban J connectivity index is 1.48. The summed E-state index contributed by atoms with van der Waals surface area (Å²) in [6.07, 6.45) is 3.44. The van der Waals surface area contributed by atoms with Crippen LogP contribution >= 0.6 is 11.7 Å². The molecule has 0 saturated carbocycles. The van der Waals surface area contributed by atoms with Crippen molar-refractivity contribution in [3.05, 3.63) is 54.0 Å². The predicted molar refractivity (Wildman–Crippen MR) is 96.3 cm³/mol. The van der Waals surface area contributed by atoms with Crippen LogP contribution in [0.15, 0.2) is 42.7 Å². The summed E-state index contributed by atoms with van der Waals surface area (Å²) in [7, 11) is 0. The molecule has 0 unspecified atom stereocenters. The number of carbonyl (C=O) groups excluding carboxylic acids is 1. The Morgan fingerprint density at radius 3 is 2.52 bits per heavy atom. The SMILES string of the molecule is Cc1c(C(=O)N2CCN(c3cnsn3)CC2)cnn1-c1ccccc1. The van der Waals surface area contributed by atoms with Crippen LogP contribution in [0.4, 0.5) is 5.82 Å². The molecule has 1 aliphatic rings. The fourth-order valence-electron chi connectivity index (χ4n) is 3.06. The van der Waals surface area contributed by atoms with Gasteiger partial charge >= 0.3 is 0 Å². The number of hydrogen-bond acceptors (Lipinski definition) is 6. The van der Waals surface area contributed by atoms with E-state index in [1.807, 2.05) is 46.8 Å². The topological polar surface area (TPSA) is 67.2 Å². The highest BCUT2D eigenvalue weighted by Gasteiger charge is 2.25. The molecule has 1 aromatic carbocycles. The molecule has 0 N–H and O–H groups in total. The Morgan fingerprint density at radius 2 is 1.84 bits per heavy atom. The van der Waals surface area contributed by atoms with Crippen molar-refractivity contribution in [1.82, 2.24) is 23.4 Å². The van der Waals surface area contributed by atoms with Crippen molar-refractivity contribution in [3.8, 4) is 5.69 Å². The second-order valence-electron chi connectivity index (χ2n) is 5.94. The number of anilines is 1. The van der Waals surface area contributed by atoms with Gasteiger partial charge in [0.2, 0.25) is 0 Å². The third-order valence-corrected chi connectivity index (χ3v) is 4.95. The minimum Gasteiger partial charge on any atom is -0.351 e. The van der Waals surface area contributed by atoms with E-state index in [-0.39, 0.29) is 5.91 Å². The van der Waals surface area contributed by atoms with E-state index in [9.17, 15) is 4.79 Å². The number of benzene rings is 1. The van der Waals surface area contributed by atoms with Gasteiger partial charge in [-0.15, -0.1) is 0 Å². The molecule has 2 aromatic heterocycles. The molecular formula is C17H18N6OS. The van der Waals surface area contributed by atoms with E-state index in [0.717, 1.165) is 30.3 Å². The zero-order valence-electron chi connectivity index (χ0n) is 13.9. The number of para-hydroxylation sites is 1. The smallest absolute Gasteiger partial charge is 0.257 e. The van der Waals surface area contributed by atoms with Crippen LogP contribution < -0.4 is 4.90 Å². The van der Waals surface area contributed by atoms with Crippen LogP contribution in [0.5, 0.6) is 0 Å². The van der Waals surface area contributed by atoms with Gasteiger partial charge < -0.3 is 9.80 Å². The minimum atomic E-state index is 0.0377. The number of carbonyl (C=O) groups is 1. The lowest BCUT2D eigenvalue weighted by Gasteiger charge is -2.34. The molecule has 0 radical (unpaired) electrons. The van der Waals surface area contributed by atoms with E-state index in [4.69, 9.17) is 0 Å². The predicted octanol–water partition coefficient (Wildman–Crippen LogP) is 1.99. The number of amides is 1. The maximum absolute atomic E-state index is 12.9. The molecule has 0 bridgehead atoms. The Hall–Kier alpha value is -2.74. The van der Waals surface area contributed by atoms with Crippen molar-refractivity contribution in [2.24, 2.45) is 0 Å². The first-order valence-corrected chi connectivity index (χ1v) is 8.89. The third-order valence-electron chi connectivity index (χ3n) is 4.48. The van der Waals surface area contributed by atoms with Crippen LogP contribution in [-0.2, 0) is 0 Å². The number of piperazine rings is 1. The van der Waals surface area contributed by atoms with Gasteiger partial charge in [-0.05, 0) is 19.1 Å². The van der Waals surface area contributed by atoms with Crippen molar-refractivity contribution in [3.63, 3.8) is 0 Å². The van der Waals surface area contributed by atoms with E-state index in [2.05, 4.69) is 18.7 Å². The molecule has 128 valence electrons. The van der Waals surface area contributed by atoms with Crippen molar-refractivity contribution < 1.29 is 4.79 Å². The molecule has 0 atom stereocenters. The highest BCUT2D eigenvalue weighted by atomic mass is 32.1. The second kappa shape index (κ2) is 6.64. The number of rotatable bonds is 3. The highest BCUT2D eigenvalue weighted by molar-refractivity contribution is 6.99. The molecule has 7 nitrogen and oxygen atoms in total. The van der Waals surface area contributed by atoms with Gasteiger partial charge in [-0.3, -0.25) is 4.79 Å². The zero-order valence-corrected chi connectivity index (χ0v) is 14.7. The zero-order chi connectivity index (χ0) is 17.2. The minimum absolute atomic E-state index is 0.0377. The van der Waals surface area contributed by atoms with Crippen LogP contribution in [0.1, 0.15) is 16.1 Å². The summed E-state index contributed by atoms with van der Waals surface area (Å²) in [6, 6.07) is 9.85. The molecule has 8 heteroatoms. The Morgan fingerprint density at radius 1 is 1.08 bits per heavy atom. The molecule has 3 aromatic rings. The Kier molecular flexibility index (Phi) is 4.19. The molecule has 25 heavy (non-hydrogen) atoms. The van der Waals surface area contributed by atoms with Crippen LogP contribution in [-0.4, -0.2) is 55.5 Å². The van der Waals surface area contributed by atoms with Crippen molar-refractivity contribution in [1.29, 1.82) is 0 Å². The fourth-order valence-corrected chi connectivity index (χ4v) is 3.49. The first kappa shape index (κ1) is 15.8. The van der Waals surface area contributed by atoms with Crippen LogP contribution in [0, 0.1) is 6.92 Å². The first-order chi connectivity index (χ1) is 12.2. The van der Waals surface area contributed by atoms with Gasteiger partial charge in [0.15, 0.2) is 5.82 Å². The Labute approximate surface area is 149 Å². The average Bonchev–Trinajstić information content (AvgIpc) is 3.32. The van der Waals surface area contributed by atoms with E-state index in [1.165, 1.54) is 11.7 Å². The van der Waals surface area contributed by atoms with Crippen molar-refractivity contribution in [2.45, 2.75) is 6.92 Å². The summed E-state index contributed by atoms with van der Waals surface area (Å²) in [4.78, 5) is 16.9. The number of hydrogen-bond donors (Lipinski definition) is 0. The fraction of sp³-hybridized carbons (Fsp3) is 0.294. The van der Waals surface area contributed by atoms with Crippen LogP contribution in [0.2, 0.25) is 0 Å². The van der Waals surface area contributed by atoms with E-state index in [0.29, 0.717) is 18.7 Å². The van der Waals surface area contributed by atoms with E-state index < -0.39 is 0 Å². The van der Waals surface area contributed by atoms with Crippen LogP contribution in [0.3, 0.4) is 0 Å². The highest BCUT2D eigenvalue weighted by Crippen LogP contribution is 2.18. The lowest BCUT2D eigenvalue weighted by molar-refractivity contribution is 0.0746. The van der Waals surface area contributed by atoms with Gasteiger partial charge in [-0.2, -0.15) is 13.8 Å². The maximum Gasteiger partial charge on any atom is 0.257 e. The monoisotopic (exact) mass is 354 g/mol. The summed E-state index contributed by atoms with van der Waals surface area (Å²) in [5.74, 6) is 0.931. The largest absolute Gasteiger partial charge is 0.351 e. The van der Waals surface area contributed by atoms with Gasteiger partial charge in [0.1, 0.15) is 0 Å². The quantitative estimate of drug-likeness (QED) is 0.720. The van der Waals surface area contributed by atoms with Gasteiger partial charge in [0.05, 0.1) is 41.1 Å². The summed E-state index contributed by atoms with van der Waals surface area (Å²) >= 11 is 1.21. The number of aromatic nitrogens is 4. The van der Waals surface area contributed by atoms with Crippen molar-refractivity contribution in [2.75, 3.05) is 31.1 Å². The molecule has 0 spiro atoms. The summed E-state index contributed by atoms with van der Waals surface area (Å²) in [5.41, 5.74) is 2.48. The lowest BCUT2D eigenvalue weighted by atomic mass is 10.2. The molecule has 3 heterocycles. The van der Waals surface area contributed by atoms with Gasteiger partial charge in [-0.1, -0.05) is 18.2 Å². The molecular weight excluding hydrogens is 336 g/mol. The number of nitrogens with zero attached hydrogens (tertiary/aromatic N) is 6. The standard InChI is InChI=1S/C17H18N6OS/c1-13-15(11-18-23(13)14-5-3-2-4-6-14)17(24)22-9-7-21(8-10-22)16-12-19-25-20-16/h2-6,11-12H,7-10H2,1H3. The Bertz CT molecular complexity index is 853. The average molecular weight is 354 g/mol. The normalized spacial score (nSPS) is 14.8. The molecule has 1 saturated heterocycles. The molecule has 0 aliphatic carbocycles. The van der Waals surface area contributed by atoms with Crippen molar-refractivity contribution >= 4 is 23.5 Å². The summed E-state index contributed by atoms with van der Waals surface area (Å²) in [5, 5.41) is 4.40. The van der Waals surface area contributed by atoms with Crippen LogP contribution in [0.25, 0.3) is 5.69 Å². The second-order valence-corrected chi connectivity index (χ2v) is 6.49. The van der Waals surface area contributed by atoms with E-state index in [1.54, 1.807) is 12.4 Å². The van der Waals surface area contributed by atoms with Gasteiger partial charge in [-0.25, -0.2) is 4.68 Å². The van der Waals surface area contributed by atoms with Gasteiger partial charge in [0.25, 0.3) is 5.91 Å². The van der Waals surface area contributed by atoms with Gasteiger partial charge in [0, 0.05) is 26.2 Å². The summed E-state index contributed by atoms with van der Waals surface area (Å²) in [6.45, 7) is 4.81. The first-order valence-electron chi connectivity index (χ1n) is 8.16. The van der Waals surface area contributed by atoms with E-state index >= 15 is 0 Å². The molecule has 4 rings (SSSR count). The lowest BCUT2D eigenvalue weighted by Crippen LogP contribution is -2.49. The summed E-state index contributed by atoms with van der Waals surface area (Å²) < 4.78 is 10.1. The molecule has 1 aliphatic heterocycles.